The van der Waals surface area contributed by atoms with Crippen molar-refractivity contribution in [3.8, 4) is 5.88 Å². The van der Waals surface area contributed by atoms with Gasteiger partial charge in [-0.15, -0.1) is 0 Å². The van der Waals surface area contributed by atoms with Gasteiger partial charge in [-0.25, -0.2) is 14.8 Å². The molecule has 1 aromatic heterocycles. The lowest BCUT2D eigenvalue weighted by atomic mass is 10.2. The van der Waals surface area contributed by atoms with Crippen LogP contribution in [0.4, 0.5) is 5.82 Å². The summed E-state index contributed by atoms with van der Waals surface area (Å²) in [6.07, 6.45) is 1.67. The van der Waals surface area contributed by atoms with E-state index in [1.165, 1.54) is 13.4 Å². The first kappa shape index (κ1) is 14.2. The molecule has 1 heterocycles. The molecular formula is C11H17N3O4. The number of carbonyl (C=O) groups is 1. The van der Waals surface area contributed by atoms with E-state index >= 15 is 0 Å². The fourth-order valence-corrected chi connectivity index (χ4v) is 1.32. The van der Waals surface area contributed by atoms with E-state index in [2.05, 4.69) is 15.3 Å². The quantitative estimate of drug-likeness (QED) is 0.708. The minimum absolute atomic E-state index is 0.347. The Bertz CT molecular complexity index is 386. The number of carboxylic acids is 1. The lowest BCUT2D eigenvalue weighted by molar-refractivity contribution is -0.138. The molecule has 0 amide bonds. The largest absolute Gasteiger partial charge is 0.480 e. The van der Waals surface area contributed by atoms with Crippen LogP contribution in [0, 0.1) is 0 Å². The molecule has 0 saturated heterocycles. The maximum atomic E-state index is 11.0. The number of ether oxygens (including phenoxy) is 2. The van der Waals surface area contributed by atoms with E-state index in [0.717, 1.165) is 0 Å². The molecule has 2 N–H and O–H groups in total. The molecule has 0 bridgehead atoms. The highest BCUT2D eigenvalue weighted by Gasteiger charge is 2.17. The Labute approximate surface area is 105 Å². The third-order valence-corrected chi connectivity index (χ3v) is 2.17. The molecule has 7 heteroatoms. The minimum Gasteiger partial charge on any atom is -0.480 e. The van der Waals surface area contributed by atoms with Crippen molar-refractivity contribution in [1.82, 2.24) is 9.97 Å². The summed E-state index contributed by atoms with van der Waals surface area (Å²) in [4.78, 5) is 18.9. The number of methoxy groups -OCH3 is 1. The van der Waals surface area contributed by atoms with E-state index in [9.17, 15) is 4.79 Å². The zero-order valence-corrected chi connectivity index (χ0v) is 10.4. The molecule has 0 spiro atoms. The first-order chi connectivity index (χ1) is 8.67. The van der Waals surface area contributed by atoms with Crippen molar-refractivity contribution in [3.63, 3.8) is 0 Å². The van der Waals surface area contributed by atoms with Crippen LogP contribution < -0.4 is 10.1 Å². The zero-order valence-electron chi connectivity index (χ0n) is 10.4. The summed E-state index contributed by atoms with van der Waals surface area (Å²) >= 11 is 0. The zero-order chi connectivity index (χ0) is 13.4. The topological polar surface area (TPSA) is 93.6 Å². The van der Waals surface area contributed by atoms with Crippen molar-refractivity contribution in [2.45, 2.75) is 19.4 Å². The van der Waals surface area contributed by atoms with E-state index < -0.39 is 12.0 Å². The molecule has 0 aliphatic carbocycles. The second kappa shape index (κ2) is 7.44. The van der Waals surface area contributed by atoms with Crippen LogP contribution in [0.15, 0.2) is 12.4 Å². The van der Waals surface area contributed by atoms with Crippen LogP contribution in [0.5, 0.6) is 5.88 Å². The minimum atomic E-state index is -0.955. The first-order valence-corrected chi connectivity index (χ1v) is 5.60. The second-order valence-corrected chi connectivity index (χ2v) is 3.49. The average molecular weight is 255 g/mol. The Morgan fingerprint density at radius 1 is 1.56 bits per heavy atom. The Balaban J connectivity index is 2.67. The van der Waals surface area contributed by atoms with Gasteiger partial charge in [0.1, 0.15) is 18.2 Å². The normalized spacial score (nSPS) is 11.9. The van der Waals surface area contributed by atoms with Gasteiger partial charge in [0, 0.05) is 26.2 Å². The van der Waals surface area contributed by atoms with Crippen LogP contribution in [0.3, 0.4) is 0 Å². The van der Waals surface area contributed by atoms with E-state index in [1.54, 1.807) is 6.07 Å². The number of hydrogen-bond donors (Lipinski definition) is 2. The molecule has 0 aliphatic rings. The molecule has 1 unspecified atom stereocenters. The van der Waals surface area contributed by atoms with E-state index in [4.69, 9.17) is 14.6 Å². The van der Waals surface area contributed by atoms with Crippen LogP contribution in [-0.2, 0) is 9.53 Å². The smallest absolute Gasteiger partial charge is 0.326 e. The molecule has 0 saturated carbocycles. The van der Waals surface area contributed by atoms with Gasteiger partial charge in [-0.3, -0.25) is 0 Å². The Kier molecular flexibility index (Phi) is 5.86. The highest BCUT2D eigenvalue weighted by atomic mass is 16.5. The van der Waals surface area contributed by atoms with Crippen LogP contribution in [0.1, 0.15) is 13.3 Å². The van der Waals surface area contributed by atoms with Crippen molar-refractivity contribution >= 4 is 11.8 Å². The monoisotopic (exact) mass is 255 g/mol. The molecule has 100 valence electrons. The van der Waals surface area contributed by atoms with Crippen molar-refractivity contribution in [1.29, 1.82) is 0 Å². The molecule has 7 nitrogen and oxygen atoms in total. The van der Waals surface area contributed by atoms with E-state index in [-0.39, 0.29) is 0 Å². The highest BCUT2D eigenvalue weighted by molar-refractivity contribution is 5.76. The van der Waals surface area contributed by atoms with Crippen molar-refractivity contribution in [2.24, 2.45) is 0 Å². The number of carboxylic acid groups (broad SMARTS) is 1. The highest BCUT2D eigenvalue weighted by Crippen LogP contribution is 2.12. The predicted molar refractivity (Wildman–Crippen MR) is 64.7 cm³/mol. The van der Waals surface area contributed by atoms with E-state index in [1.807, 2.05) is 6.92 Å². The summed E-state index contributed by atoms with van der Waals surface area (Å²) in [6.45, 7) is 2.68. The number of nitrogens with one attached hydrogen (secondary N) is 1. The average Bonchev–Trinajstić information content (AvgIpc) is 2.35. The standard InChI is InChI=1S/C11H17N3O4/c1-3-18-10-6-9(12-7-13-10)14-8(11(15)16)4-5-17-2/h6-8H,3-5H2,1-2H3,(H,15,16)(H,12,13,14). The molecule has 18 heavy (non-hydrogen) atoms. The van der Waals surface area contributed by atoms with E-state index in [0.29, 0.717) is 31.3 Å². The summed E-state index contributed by atoms with van der Waals surface area (Å²) in [5, 5.41) is 11.8. The maximum absolute atomic E-state index is 11.0. The SMILES string of the molecule is CCOc1cc(NC(CCOC)C(=O)O)ncn1. The van der Waals surface area contributed by atoms with Gasteiger partial charge in [-0.05, 0) is 6.92 Å². The van der Waals surface area contributed by atoms with Crippen LogP contribution in [0.2, 0.25) is 0 Å². The summed E-state index contributed by atoms with van der Waals surface area (Å²) in [6, 6.07) is 0.806. The summed E-state index contributed by atoms with van der Waals surface area (Å²) < 4.78 is 10.1. The third-order valence-electron chi connectivity index (χ3n) is 2.17. The van der Waals surface area contributed by atoms with Crippen LogP contribution in [0.25, 0.3) is 0 Å². The number of nitrogens with zero attached hydrogens (tertiary/aromatic N) is 2. The Morgan fingerprint density at radius 2 is 2.33 bits per heavy atom. The molecule has 1 rings (SSSR count). The van der Waals surface area contributed by atoms with Gasteiger partial charge >= 0.3 is 5.97 Å². The lowest BCUT2D eigenvalue weighted by Gasteiger charge is -2.14. The van der Waals surface area contributed by atoms with Gasteiger partial charge in [-0.2, -0.15) is 0 Å². The third kappa shape index (κ3) is 4.54. The van der Waals surface area contributed by atoms with Gasteiger partial charge in [0.15, 0.2) is 0 Å². The first-order valence-electron chi connectivity index (χ1n) is 5.60. The molecular weight excluding hydrogens is 238 g/mol. The van der Waals surface area contributed by atoms with Crippen molar-refractivity contribution in [3.05, 3.63) is 12.4 Å². The molecule has 1 aromatic rings. The van der Waals surface area contributed by atoms with Gasteiger partial charge < -0.3 is 19.9 Å². The lowest BCUT2D eigenvalue weighted by Crippen LogP contribution is -2.30. The summed E-state index contributed by atoms with van der Waals surface area (Å²) in [5.74, 6) is -0.133. The maximum Gasteiger partial charge on any atom is 0.326 e. The predicted octanol–water partition coefficient (Wildman–Crippen LogP) is 0.777. The number of aromatic nitrogens is 2. The van der Waals surface area contributed by atoms with Crippen molar-refractivity contribution in [2.75, 3.05) is 25.6 Å². The molecule has 0 aromatic carbocycles. The molecule has 1 atom stereocenters. The van der Waals surface area contributed by atoms with Gasteiger partial charge in [0.25, 0.3) is 0 Å². The summed E-state index contributed by atoms with van der Waals surface area (Å²) in [7, 11) is 1.52. The fraction of sp³-hybridized carbons (Fsp3) is 0.545. The van der Waals surface area contributed by atoms with Crippen LogP contribution in [-0.4, -0.2) is 47.4 Å². The van der Waals surface area contributed by atoms with Gasteiger partial charge in [-0.1, -0.05) is 0 Å². The Morgan fingerprint density at radius 3 is 2.94 bits per heavy atom. The Hall–Kier alpha value is -1.89. The molecule has 0 fully saturated rings. The van der Waals surface area contributed by atoms with Gasteiger partial charge in [0.2, 0.25) is 5.88 Å². The van der Waals surface area contributed by atoms with Crippen molar-refractivity contribution < 1.29 is 19.4 Å². The molecule has 0 radical (unpaired) electrons. The van der Waals surface area contributed by atoms with Crippen LogP contribution >= 0.6 is 0 Å². The second-order valence-electron chi connectivity index (χ2n) is 3.49. The number of rotatable bonds is 8. The number of anilines is 1. The fourth-order valence-electron chi connectivity index (χ4n) is 1.32. The number of hydrogen-bond acceptors (Lipinski definition) is 6. The number of aliphatic carboxylic acids is 1. The summed E-state index contributed by atoms with van der Waals surface area (Å²) in [5.41, 5.74) is 0. The van der Waals surface area contributed by atoms with Gasteiger partial charge in [0.05, 0.1) is 6.61 Å². The molecule has 0 aliphatic heterocycles.